The van der Waals surface area contributed by atoms with Gasteiger partial charge < -0.3 is 5.32 Å². The molecular weight excluding hydrogens is 278 g/mol. The molecule has 0 bridgehead atoms. The monoisotopic (exact) mass is 315 g/mol. The van der Waals surface area contributed by atoms with Gasteiger partial charge in [-0.2, -0.15) is 0 Å². The molecule has 0 unspecified atom stereocenters. The van der Waals surface area contributed by atoms with Crippen LogP contribution in [-0.4, -0.2) is 7.05 Å². The highest BCUT2D eigenvalue weighted by Gasteiger charge is 1.82. The molecule has 0 aromatic heterocycles. The summed E-state index contributed by atoms with van der Waals surface area (Å²) in [6, 6.07) is 18.3. The van der Waals surface area contributed by atoms with Crippen LogP contribution in [0, 0.1) is 6.92 Å². The number of para-hydroxylation sites is 1. The van der Waals surface area contributed by atoms with E-state index in [0.29, 0.717) is 0 Å². The van der Waals surface area contributed by atoms with E-state index < -0.39 is 0 Å². The van der Waals surface area contributed by atoms with E-state index in [2.05, 4.69) is 43.1 Å². The highest BCUT2D eigenvalue weighted by Crippen LogP contribution is 2.03. The molecule has 0 heterocycles. The van der Waals surface area contributed by atoms with E-state index in [9.17, 15) is 0 Å². The third-order valence-corrected chi connectivity index (χ3v) is 2.38. The SMILES string of the molecule is C=Cc1ccc(C)cc1.CC.CC.CC.CNc1ccccc1. The maximum atomic E-state index is 3.66. The minimum Gasteiger partial charge on any atom is -0.388 e. The number of benzene rings is 2. The lowest BCUT2D eigenvalue weighted by Gasteiger charge is -1.94. The molecule has 1 N–H and O–H groups in total. The minimum atomic E-state index is 1.16. The summed E-state index contributed by atoms with van der Waals surface area (Å²) in [5, 5.41) is 3.03. The van der Waals surface area contributed by atoms with E-state index in [1.54, 1.807) is 0 Å². The maximum Gasteiger partial charge on any atom is 0.0337 e. The van der Waals surface area contributed by atoms with Crippen LogP contribution in [0.1, 0.15) is 52.7 Å². The normalized spacial score (nSPS) is 7.30. The average Bonchev–Trinajstić information content (AvgIpc) is 2.68. The van der Waals surface area contributed by atoms with Crippen molar-refractivity contribution < 1.29 is 0 Å². The summed E-state index contributed by atoms with van der Waals surface area (Å²) >= 11 is 0. The average molecular weight is 316 g/mol. The third-order valence-electron chi connectivity index (χ3n) is 2.38. The number of aryl methyl sites for hydroxylation is 1. The van der Waals surface area contributed by atoms with Gasteiger partial charge in [0.1, 0.15) is 0 Å². The van der Waals surface area contributed by atoms with Crippen molar-refractivity contribution in [3.05, 3.63) is 72.3 Å². The van der Waals surface area contributed by atoms with Crippen LogP contribution in [0.5, 0.6) is 0 Å². The summed E-state index contributed by atoms with van der Waals surface area (Å²) in [6.45, 7) is 17.7. The summed E-state index contributed by atoms with van der Waals surface area (Å²) in [4.78, 5) is 0. The van der Waals surface area contributed by atoms with Crippen molar-refractivity contribution in [3.8, 4) is 0 Å². The molecule has 0 radical (unpaired) electrons. The zero-order valence-electron chi connectivity index (χ0n) is 16.5. The molecule has 23 heavy (non-hydrogen) atoms. The van der Waals surface area contributed by atoms with Crippen LogP contribution in [0.4, 0.5) is 5.69 Å². The molecule has 0 aliphatic heterocycles. The Bertz CT molecular complexity index is 429. The second-order valence-corrected chi connectivity index (χ2v) is 3.73. The highest BCUT2D eigenvalue weighted by molar-refractivity contribution is 5.46. The van der Waals surface area contributed by atoms with Gasteiger partial charge in [0.15, 0.2) is 0 Å². The van der Waals surface area contributed by atoms with Gasteiger partial charge in [-0.25, -0.2) is 0 Å². The van der Waals surface area contributed by atoms with E-state index in [1.807, 2.05) is 85.0 Å². The molecule has 0 saturated carbocycles. The summed E-state index contributed by atoms with van der Waals surface area (Å²) in [5.74, 6) is 0. The van der Waals surface area contributed by atoms with Crippen molar-refractivity contribution in [2.75, 3.05) is 12.4 Å². The van der Waals surface area contributed by atoms with E-state index in [4.69, 9.17) is 0 Å². The number of anilines is 1. The Balaban J connectivity index is -0.000000264. The van der Waals surface area contributed by atoms with Gasteiger partial charge in [0.05, 0.1) is 0 Å². The summed E-state index contributed by atoms with van der Waals surface area (Å²) < 4.78 is 0. The molecule has 130 valence electrons. The van der Waals surface area contributed by atoms with Crippen LogP contribution in [0.15, 0.2) is 61.2 Å². The van der Waals surface area contributed by atoms with E-state index in [-0.39, 0.29) is 0 Å². The number of hydrogen-bond acceptors (Lipinski definition) is 1. The van der Waals surface area contributed by atoms with Gasteiger partial charge in [0, 0.05) is 12.7 Å². The Hall–Kier alpha value is -2.02. The van der Waals surface area contributed by atoms with Crippen molar-refractivity contribution >= 4 is 11.8 Å². The van der Waals surface area contributed by atoms with Crippen LogP contribution in [0.2, 0.25) is 0 Å². The first-order valence-corrected chi connectivity index (χ1v) is 8.68. The standard InChI is InChI=1S/C9H10.C7H9N.3C2H6/c1-3-9-6-4-8(2)5-7-9;1-8-7-5-3-2-4-6-7;3*1-2/h3-7H,1H2,2H3;2-6,8H,1H3;3*1-2H3. The molecule has 0 aliphatic carbocycles. The Kier molecular flexibility index (Phi) is 25.1. The van der Waals surface area contributed by atoms with Crippen molar-refractivity contribution in [1.29, 1.82) is 0 Å². The Morgan fingerprint density at radius 3 is 1.48 bits per heavy atom. The summed E-state index contributed by atoms with van der Waals surface area (Å²) in [7, 11) is 1.91. The fraction of sp³-hybridized carbons (Fsp3) is 0.364. The molecule has 2 rings (SSSR count). The van der Waals surface area contributed by atoms with E-state index >= 15 is 0 Å². The predicted molar refractivity (Wildman–Crippen MR) is 111 cm³/mol. The van der Waals surface area contributed by atoms with Gasteiger partial charge in [-0.1, -0.05) is 102 Å². The quantitative estimate of drug-likeness (QED) is 0.607. The predicted octanol–water partition coefficient (Wildman–Crippen LogP) is 7.44. The highest BCUT2D eigenvalue weighted by atomic mass is 14.8. The largest absolute Gasteiger partial charge is 0.388 e. The van der Waals surface area contributed by atoms with Crippen LogP contribution in [0.3, 0.4) is 0 Å². The van der Waals surface area contributed by atoms with Crippen molar-refractivity contribution in [1.82, 2.24) is 0 Å². The van der Waals surface area contributed by atoms with Crippen LogP contribution in [-0.2, 0) is 0 Å². The topological polar surface area (TPSA) is 12.0 Å². The molecule has 0 aliphatic rings. The lowest BCUT2D eigenvalue weighted by Crippen LogP contribution is -1.84. The molecule has 1 heteroatoms. The second-order valence-electron chi connectivity index (χ2n) is 3.73. The van der Waals surface area contributed by atoms with Crippen LogP contribution >= 0.6 is 0 Å². The smallest absolute Gasteiger partial charge is 0.0337 e. The number of rotatable bonds is 2. The first-order valence-electron chi connectivity index (χ1n) is 8.68. The Labute approximate surface area is 145 Å². The third kappa shape index (κ3) is 16.2. The molecule has 1 nitrogen and oxygen atoms in total. The van der Waals surface area contributed by atoms with Gasteiger partial charge >= 0.3 is 0 Å². The van der Waals surface area contributed by atoms with Gasteiger partial charge in [-0.15, -0.1) is 0 Å². The first kappa shape index (κ1) is 25.9. The molecular formula is C22H37N. The van der Waals surface area contributed by atoms with Gasteiger partial charge in [0.25, 0.3) is 0 Å². The molecule has 0 amide bonds. The zero-order chi connectivity index (χ0) is 18.5. The fourth-order valence-electron chi connectivity index (χ4n) is 1.31. The van der Waals surface area contributed by atoms with Crippen LogP contribution < -0.4 is 5.32 Å². The van der Waals surface area contributed by atoms with Crippen molar-refractivity contribution in [2.45, 2.75) is 48.5 Å². The number of hydrogen-bond donors (Lipinski definition) is 1. The molecule has 2 aromatic carbocycles. The van der Waals surface area contributed by atoms with E-state index in [1.165, 1.54) is 11.1 Å². The number of nitrogens with one attached hydrogen (secondary N) is 1. The maximum absolute atomic E-state index is 3.66. The van der Waals surface area contributed by atoms with Gasteiger partial charge in [-0.3, -0.25) is 0 Å². The van der Waals surface area contributed by atoms with E-state index in [0.717, 1.165) is 5.69 Å². The second kappa shape index (κ2) is 22.3. The Morgan fingerprint density at radius 2 is 1.17 bits per heavy atom. The van der Waals surface area contributed by atoms with Crippen LogP contribution in [0.25, 0.3) is 6.08 Å². The summed E-state index contributed by atoms with van der Waals surface area (Å²) in [6.07, 6.45) is 1.85. The van der Waals surface area contributed by atoms with Crippen molar-refractivity contribution in [3.63, 3.8) is 0 Å². The Morgan fingerprint density at radius 1 is 0.739 bits per heavy atom. The first-order chi connectivity index (χ1) is 11.3. The fourth-order valence-corrected chi connectivity index (χ4v) is 1.31. The lowest BCUT2D eigenvalue weighted by molar-refractivity contribution is 1.46. The molecule has 0 saturated heterocycles. The van der Waals surface area contributed by atoms with Gasteiger partial charge in [0.2, 0.25) is 0 Å². The lowest BCUT2D eigenvalue weighted by atomic mass is 10.2. The molecule has 0 atom stereocenters. The minimum absolute atomic E-state index is 1.16. The zero-order valence-corrected chi connectivity index (χ0v) is 16.5. The van der Waals surface area contributed by atoms with Crippen molar-refractivity contribution in [2.24, 2.45) is 0 Å². The molecule has 0 spiro atoms. The summed E-state index contributed by atoms with van der Waals surface area (Å²) in [5.41, 5.74) is 3.63. The molecule has 2 aromatic rings. The molecule has 0 fully saturated rings. The van der Waals surface area contributed by atoms with Gasteiger partial charge in [-0.05, 0) is 24.6 Å².